The Hall–Kier alpha value is -2.96. The van der Waals surface area contributed by atoms with Crippen molar-refractivity contribution in [2.75, 3.05) is 18.5 Å². The summed E-state index contributed by atoms with van der Waals surface area (Å²) >= 11 is 0. The molecule has 2 heterocycles. The summed E-state index contributed by atoms with van der Waals surface area (Å²) in [5, 5.41) is 0. The minimum absolute atomic E-state index is 0.00751. The monoisotopic (exact) mass is 368 g/mol. The lowest BCUT2D eigenvalue weighted by atomic mass is 9.82. The maximum absolute atomic E-state index is 12.0. The molecule has 2 aromatic rings. The van der Waals surface area contributed by atoms with Crippen molar-refractivity contribution in [3.8, 4) is 5.75 Å². The van der Waals surface area contributed by atoms with Gasteiger partial charge in [-0.25, -0.2) is 14.8 Å². The number of rotatable bonds is 4. The summed E-state index contributed by atoms with van der Waals surface area (Å²) in [6.45, 7) is 9.00. The molecule has 1 aromatic heterocycles. The summed E-state index contributed by atoms with van der Waals surface area (Å²) in [7, 11) is 1.56. The van der Waals surface area contributed by atoms with Crippen molar-refractivity contribution in [1.29, 1.82) is 0 Å². The third kappa shape index (κ3) is 3.77. The maximum atomic E-state index is 12.0. The van der Waals surface area contributed by atoms with Crippen LogP contribution in [-0.2, 0) is 16.8 Å². The van der Waals surface area contributed by atoms with E-state index in [0.717, 1.165) is 16.0 Å². The smallest absolute Gasteiger partial charge is 0.334 e. The Kier molecular flexibility index (Phi) is 4.87. The number of anilines is 1. The lowest BCUT2D eigenvalue weighted by Gasteiger charge is -2.24. The molecule has 0 spiro atoms. The van der Waals surface area contributed by atoms with Crippen molar-refractivity contribution >= 4 is 17.9 Å². The van der Waals surface area contributed by atoms with Gasteiger partial charge in [0, 0.05) is 7.05 Å². The Bertz CT molecular complexity index is 872. The molecule has 7 nitrogen and oxygen atoms in total. The number of hydrogen-bond donors (Lipinski definition) is 0. The summed E-state index contributed by atoms with van der Waals surface area (Å²) in [5.74, 6) is 0.202. The number of hydrogen-bond acceptors (Lipinski definition) is 5. The number of urea groups is 1. The lowest BCUT2D eigenvalue weighted by Crippen LogP contribution is -2.32. The predicted octanol–water partition coefficient (Wildman–Crippen LogP) is 3.06. The second-order valence-corrected chi connectivity index (χ2v) is 7.73. The number of carbonyl (C=O) groups is 2. The largest absolute Gasteiger partial charge is 0.486 e. The van der Waals surface area contributed by atoms with Gasteiger partial charge < -0.3 is 9.64 Å². The first-order valence-corrected chi connectivity index (χ1v) is 8.80. The van der Waals surface area contributed by atoms with Crippen molar-refractivity contribution in [2.45, 2.75) is 39.7 Å². The summed E-state index contributed by atoms with van der Waals surface area (Å²) in [6.07, 6.45) is 2.96. The van der Waals surface area contributed by atoms with Crippen LogP contribution in [0.1, 0.15) is 37.5 Å². The highest BCUT2D eigenvalue weighted by Crippen LogP contribution is 2.29. The molecule has 27 heavy (non-hydrogen) atoms. The standard InChI is InChI=1S/C20H24N4O3/c1-13-7-6-8-16(20(2,3)4)15(13)12-27-14-9-21-18(22-10-14)24-17(25)11-23(5)19(24)26/h6-10H,11-12H2,1-5H3. The van der Waals surface area contributed by atoms with Gasteiger partial charge in [-0.05, 0) is 29.0 Å². The zero-order valence-corrected chi connectivity index (χ0v) is 16.3. The molecule has 1 fully saturated rings. The Morgan fingerprint density at radius 2 is 1.81 bits per heavy atom. The van der Waals surface area contributed by atoms with E-state index in [1.807, 2.05) is 0 Å². The Morgan fingerprint density at radius 1 is 1.15 bits per heavy atom. The first kappa shape index (κ1) is 18.8. The number of nitrogens with zero attached hydrogens (tertiary/aromatic N) is 4. The van der Waals surface area contributed by atoms with Crippen LogP contribution in [0.4, 0.5) is 10.7 Å². The summed E-state index contributed by atoms with van der Waals surface area (Å²) in [5.41, 5.74) is 3.54. The molecule has 1 aliphatic heterocycles. The molecule has 0 radical (unpaired) electrons. The van der Waals surface area contributed by atoms with Gasteiger partial charge in [0.15, 0.2) is 5.75 Å². The van der Waals surface area contributed by atoms with Crippen LogP contribution >= 0.6 is 0 Å². The third-order valence-corrected chi connectivity index (χ3v) is 4.56. The van der Waals surface area contributed by atoms with Gasteiger partial charge in [0.1, 0.15) is 13.2 Å². The van der Waals surface area contributed by atoms with Gasteiger partial charge in [-0.1, -0.05) is 39.0 Å². The van der Waals surface area contributed by atoms with E-state index >= 15 is 0 Å². The normalized spacial score (nSPS) is 14.9. The van der Waals surface area contributed by atoms with E-state index in [-0.39, 0.29) is 23.8 Å². The molecule has 3 amide bonds. The van der Waals surface area contributed by atoms with Gasteiger partial charge in [-0.15, -0.1) is 0 Å². The molecule has 1 aromatic carbocycles. The molecular weight excluding hydrogens is 344 g/mol. The van der Waals surface area contributed by atoms with Crippen molar-refractivity contribution in [3.63, 3.8) is 0 Å². The van der Waals surface area contributed by atoms with Crippen molar-refractivity contribution < 1.29 is 14.3 Å². The number of likely N-dealkylation sites (N-methyl/N-ethyl adjacent to an activating group) is 1. The Morgan fingerprint density at radius 3 is 2.37 bits per heavy atom. The highest BCUT2D eigenvalue weighted by Gasteiger charge is 2.36. The number of aryl methyl sites for hydroxylation is 1. The SMILES string of the molecule is Cc1cccc(C(C)(C)C)c1COc1cnc(N2C(=O)CN(C)C2=O)nc1. The first-order chi connectivity index (χ1) is 12.7. The molecule has 142 valence electrons. The number of benzene rings is 1. The average molecular weight is 368 g/mol. The van der Waals surface area contributed by atoms with Crippen LogP contribution in [0.2, 0.25) is 0 Å². The summed E-state index contributed by atoms with van der Waals surface area (Å²) < 4.78 is 5.88. The number of amides is 3. The molecular formula is C20H24N4O3. The molecule has 1 saturated heterocycles. The fourth-order valence-electron chi connectivity index (χ4n) is 3.07. The van der Waals surface area contributed by atoms with Gasteiger partial charge in [-0.2, -0.15) is 4.90 Å². The van der Waals surface area contributed by atoms with Crippen molar-refractivity contribution in [3.05, 3.63) is 47.3 Å². The van der Waals surface area contributed by atoms with E-state index in [1.165, 1.54) is 22.9 Å². The van der Waals surface area contributed by atoms with E-state index in [2.05, 4.69) is 55.9 Å². The summed E-state index contributed by atoms with van der Waals surface area (Å²) in [6, 6.07) is 5.81. The van der Waals surface area contributed by atoms with E-state index in [0.29, 0.717) is 12.4 Å². The first-order valence-electron chi connectivity index (χ1n) is 8.80. The molecule has 7 heteroatoms. The zero-order chi connectivity index (χ0) is 19.8. The zero-order valence-electron chi connectivity index (χ0n) is 16.3. The van der Waals surface area contributed by atoms with Gasteiger partial charge in [-0.3, -0.25) is 4.79 Å². The molecule has 0 unspecified atom stereocenters. The van der Waals surface area contributed by atoms with Gasteiger partial charge >= 0.3 is 6.03 Å². The highest BCUT2D eigenvalue weighted by molar-refractivity contribution is 6.18. The molecule has 0 bridgehead atoms. The minimum Gasteiger partial charge on any atom is -0.486 e. The van der Waals surface area contributed by atoms with Crippen LogP contribution in [0.3, 0.4) is 0 Å². The third-order valence-electron chi connectivity index (χ3n) is 4.56. The van der Waals surface area contributed by atoms with Crippen LogP contribution in [0.5, 0.6) is 5.75 Å². The topological polar surface area (TPSA) is 75.6 Å². The van der Waals surface area contributed by atoms with Gasteiger partial charge in [0.25, 0.3) is 5.91 Å². The van der Waals surface area contributed by atoms with Gasteiger partial charge in [0.05, 0.1) is 12.4 Å². The average Bonchev–Trinajstić information content (AvgIpc) is 2.85. The summed E-state index contributed by atoms with van der Waals surface area (Å²) in [4.78, 5) is 34.5. The molecule has 1 aliphatic rings. The number of aromatic nitrogens is 2. The Balaban J connectivity index is 1.76. The predicted molar refractivity (Wildman–Crippen MR) is 102 cm³/mol. The van der Waals surface area contributed by atoms with Crippen molar-refractivity contribution in [1.82, 2.24) is 14.9 Å². The Labute approximate surface area is 159 Å². The quantitative estimate of drug-likeness (QED) is 0.775. The van der Waals surface area contributed by atoms with Gasteiger partial charge in [0.2, 0.25) is 5.95 Å². The fourth-order valence-corrected chi connectivity index (χ4v) is 3.07. The van der Waals surface area contributed by atoms with Crippen LogP contribution in [0.25, 0.3) is 0 Å². The van der Waals surface area contributed by atoms with E-state index in [1.54, 1.807) is 7.05 Å². The van der Waals surface area contributed by atoms with Crippen molar-refractivity contribution in [2.24, 2.45) is 0 Å². The molecule has 0 N–H and O–H groups in total. The van der Waals surface area contributed by atoms with Crippen LogP contribution in [0.15, 0.2) is 30.6 Å². The molecule has 0 saturated carbocycles. The molecule has 3 rings (SSSR count). The lowest BCUT2D eigenvalue weighted by molar-refractivity contribution is -0.116. The highest BCUT2D eigenvalue weighted by atomic mass is 16.5. The molecule has 0 aliphatic carbocycles. The van der Waals surface area contributed by atoms with E-state index in [9.17, 15) is 9.59 Å². The second-order valence-electron chi connectivity index (χ2n) is 7.73. The van der Waals surface area contributed by atoms with E-state index in [4.69, 9.17) is 4.74 Å². The maximum Gasteiger partial charge on any atom is 0.334 e. The second kappa shape index (κ2) is 6.98. The van der Waals surface area contributed by atoms with Crippen LogP contribution < -0.4 is 9.64 Å². The van der Waals surface area contributed by atoms with Crippen LogP contribution in [0, 0.1) is 6.92 Å². The minimum atomic E-state index is -0.427. The van der Waals surface area contributed by atoms with E-state index < -0.39 is 6.03 Å². The number of carbonyl (C=O) groups excluding carboxylic acids is 2. The molecule has 0 atom stereocenters. The fraction of sp³-hybridized carbons (Fsp3) is 0.400. The number of ether oxygens (including phenoxy) is 1. The van der Waals surface area contributed by atoms with Crippen LogP contribution in [-0.4, -0.2) is 40.4 Å². The number of imide groups is 1.